The third kappa shape index (κ3) is 4.24. The number of aromatic nitrogens is 4. The molecule has 1 saturated heterocycles. The normalized spacial score (nSPS) is 14.6. The van der Waals surface area contributed by atoms with E-state index < -0.39 is 0 Å². The Morgan fingerprint density at radius 3 is 2.60 bits per heavy atom. The van der Waals surface area contributed by atoms with Crippen LogP contribution in [0, 0.1) is 6.92 Å². The molecule has 0 bridgehead atoms. The summed E-state index contributed by atoms with van der Waals surface area (Å²) in [6.45, 7) is 5.39. The Kier molecular flexibility index (Phi) is 5.63. The fraction of sp³-hybridized carbons (Fsp3) is 0.231. The van der Waals surface area contributed by atoms with E-state index in [4.69, 9.17) is 9.51 Å². The highest BCUT2D eigenvalue weighted by molar-refractivity contribution is 7.13. The first-order valence-electron chi connectivity index (χ1n) is 11.6. The molecule has 1 aliphatic heterocycles. The van der Waals surface area contributed by atoms with Gasteiger partial charge in [-0.2, -0.15) is 4.98 Å². The Balaban J connectivity index is 1.12. The molecule has 4 heterocycles. The minimum absolute atomic E-state index is 0.0382. The quantitative estimate of drug-likeness (QED) is 0.368. The molecule has 0 N–H and O–H groups in total. The van der Waals surface area contributed by atoms with Crippen LogP contribution >= 0.6 is 11.3 Å². The predicted octanol–water partition coefficient (Wildman–Crippen LogP) is 4.40. The summed E-state index contributed by atoms with van der Waals surface area (Å²) in [5, 5.41) is 6.08. The first-order chi connectivity index (χ1) is 17.2. The number of imidazole rings is 1. The van der Waals surface area contributed by atoms with Gasteiger partial charge in [0.05, 0.1) is 22.5 Å². The van der Waals surface area contributed by atoms with Crippen molar-refractivity contribution < 1.29 is 9.32 Å². The van der Waals surface area contributed by atoms with Gasteiger partial charge in [0.15, 0.2) is 0 Å². The van der Waals surface area contributed by atoms with Gasteiger partial charge in [-0.3, -0.25) is 14.3 Å². The van der Waals surface area contributed by atoms with E-state index >= 15 is 0 Å². The van der Waals surface area contributed by atoms with Crippen LogP contribution in [0.15, 0.2) is 70.6 Å². The van der Waals surface area contributed by atoms with E-state index in [2.05, 4.69) is 31.7 Å². The number of rotatable bonds is 5. The fourth-order valence-electron chi connectivity index (χ4n) is 4.54. The lowest BCUT2D eigenvalue weighted by molar-refractivity contribution is 0.0615. The third-order valence-corrected chi connectivity index (χ3v) is 7.18. The highest BCUT2D eigenvalue weighted by atomic mass is 32.1. The maximum Gasteiger partial charge on any atom is 0.254 e. The van der Waals surface area contributed by atoms with Crippen LogP contribution in [0.25, 0.3) is 27.4 Å². The molecule has 0 radical (unpaired) electrons. The van der Waals surface area contributed by atoms with Crippen LogP contribution in [-0.4, -0.2) is 61.6 Å². The number of amides is 1. The van der Waals surface area contributed by atoms with Crippen molar-refractivity contribution in [2.45, 2.75) is 13.5 Å². The van der Waals surface area contributed by atoms with Gasteiger partial charge < -0.3 is 9.42 Å². The Hall–Kier alpha value is -3.82. The number of aryl methyl sites for hydroxylation is 1. The number of carbonyl (C=O) groups excluding carboxylic acids is 1. The molecule has 2 aromatic carbocycles. The number of thiophene rings is 1. The van der Waals surface area contributed by atoms with Gasteiger partial charge in [-0.1, -0.05) is 29.4 Å². The largest absolute Gasteiger partial charge is 0.338 e. The summed E-state index contributed by atoms with van der Waals surface area (Å²) in [5.74, 6) is 2.16. The molecule has 5 aromatic rings. The molecule has 1 fully saturated rings. The van der Waals surface area contributed by atoms with Gasteiger partial charge in [0.2, 0.25) is 11.7 Å². The van der Waals surface area contributed by atoms with Crippen LogP contribution in [0.4, 0.5) is 0 Å². The molecule has 0 atom stereocenters. The number of benzene rings is 2. The van der Waals surface area contributed by atoms with Crippen LogP contribution in [0.5, 0.6) is 0 Å². The molecule has 0 unspecified atom stereocenters. The highest BCUT2D eigenvalue weighted by Gasteiger charge is 2.24. The van der Waals surface area contributed by atoms with E-state index in [-0.39, 0.29) is 5.91 Å². The van der Waals surface area contributed by atoms with E-state index in [9.17, 15) is 4.79 Å². The molecule has 0 spiro atoms. The Morgan fingerprint density at radius 1 is 1.00 bits per heavy atom. The summed E-state index contributed by atoms with van der Waals surface area (Å²) in [6, 6.07) is 19.9. The van der Waals surface area contributed by atoms with Crippen molar-refractivity contribution in [1.29, 1.82) is 0 Å². The van der Waals surface area contributed by atoms with E-state index in [1.807, 2.05) is 65.7 Å². The second-order valence-electron chi connectivity index (χ2n) is 8.59. The zero-order valence-electron chi connectivity index (χ0n) is 19.3. The third-order valence-electron chi connectivity index (χ3n) is 6.31. The van der Waals surface area contributed by atoms with Gasteiger partial charge >= 0.3 is 0 Å². The van der Waals surface area contributed by atoms with E-state index in [0.717, 1.165) is 40.5 Å². The molecular formula is C26H24N6O2S. The number of para-hydroxylation sites is 1. The number of hydrogen-bond donors (Lipinski definition) is 0. The number of fused-ring (bicyclic) bond motifs is 1. The molecule has 1 aliphatic rings. The zero-order chi connectivity index (χ0) is 23.8. The molecular weight excluding hydrogens is 460 g/mol. The second-order valence-corrected chi connectivity index (χ2v) is 9.54. The monoisotopic (exact) mass is 484 g/mol. The molecule has 1 amide bonds. The second kappa shape index (κ2) is 9.09. The average molecular weight is 485 g/mol. The lowest BCUT2D eigenvalue weighted by Gasteiger charge is -2.34. The summed E-state index contributed by atoms with van der Waals surface area (Å²) in [4.78, 5) is 27.6. The zero-order valence-corrected chi connectivity index (χ0v) is 20.1. The van der Waals surface area contributed by atoms with Crippen molar-refractivity contribution >= 4 is 28.3 Å². The molecule has 35 heavy (non-hydrogen) atoms. The van der Waals surface area contributed by atoms with Crippen LogP contribution in [-0.2, 0) is 6.54 Å². The maximum atomic E-state index is 13.2. The predicted molar refractivity (Wildman–Crippen MR) is 135 cm³/mol. The minimum atomic E-state index is 0.0382. The topological polar surface area (TPSA) is 80.3 Å². The molecule has 6 rings (SSSR count). The molecule has 176 valence electrons. The first kappa shape index (κ1) is 21.7. The van der Waals surface area contributed by atoms with Crippen LogP contribution < -0.4 is 0 Å². The highest BCUT2D eigenvalue weighted by Crippen LogP contribution is 2.24. The number of hydrogen-bond acceptors (Lipinski definition) is 7. The lowest BCUT2D eigenvalue weighted by Crippen LogP contribution is -2.48. The maximum absolute atomic E-state index is 13.2. The van der Waals surface area contributed by atoms with Crippen molar-refractivity contribution in [3.05, 3.63) is 83.3 Å². The molecule has 9 heteroatoms. The molecule has 0 saturated carbocycles. The SMILES string of the molecule is Cc1nc2cc(C(=O)N3CCN(Cc4nc(-c5cccs5)no4)CC3)ccc2n1-c1ccccc1. The van der Waals surface area contributed by atoms with Gasteiger partial charge in [-0.25, -0.2) is 4.98 Å². The van der Waals surface area contributed by atoms with Crippen molar-refractivity contribution in [3.63, 3.8) is 0 Å². The smallest absolute Gasteiger partial charge is 0.254 e. The number of piperazine rings is 1. The van der Waals surface area contributed by atoms with Crippen molar-refractivity contribution in [3.8, 4) is 16.4 Å². The lowest BCUT2D eigenvalue weighted by atomic mass is 10.1. The number of carbonyl (C=O) groups is 1. The Labute approximate surface area is 206 Å². The summed E-state index contributed by atoms with van der Waals surface area (Å²) >= 11 is 1.59. The van der Waals surface area contributed by atoms with Gasteiger partial charge in [-0.15, -0.1) is 11.3 Å². The molecule has 3 aromatic heterocycles. The van der Waals surface area contributed by atoms with Crippen LogP contribution in [0.3, 0.4) is 0 Å². The van der Waals surface area contributed by atoms with E-state index in [1.54, 1.807) is 11.3 Å². The minimum Gasteiger partial charge on any atom is -0.338 e. The Bertz CT molecular complexity index is 1470. The van der Waals surface area contributed by atoms with Gasteiger partial charge in [0, 0.05) is 37.4 Å². The van der Waals surface area contributed by atoms with Crippen molar-refractivity contribution in [2.24, 2.45) is 0 Å². The van der Waals surface area contributed by atoms with Crippen molar-refractivity contribution in [2.75, 3.05) is 26.2 Å². The van der Waals surface area contributed by atoms with Gasteiger partial charge in [0.25, 0.3) is 5.91 Å². The number of nitrogens with zero attached hydrogens (tertiary/aromatic N) is 6. The van der Waals surface area contributed by atoms with Crippen molar-refractivity contribution in [1.82, 2.24) is 29.5 Å². The standard InChI is InChI=1S/C26H24N6O2S/c1-18-27-21-16-19(9-10-22(21)32(18)20-6-3-2-4-7-20)26(33)31-13-11-30(12-14-31)17-24-28-25(29-34-24)23-8-5-15-35-23/h2-10,15-16H,11-14,17H2,1H3. The van der Waals surface area contributed by atoms with Gasteiger partial charge in [0.1, 0.15) is 5.82 Å². The van der Waals surface area contributed by atoms with E-state index in [0.29, 0.717) is 36.9 Å². The van der Waals surface area contributed by atoms with Gasteiger partial charge in [-0.05, 0) is 48.7 Å². The molecule has 8 nitrogen and oxygen atoms in total. The molecule has 0 aliphatic carbocycles. The summed E-state index contributed by atoms with van der Waals surface area (Å²) in [5.41, 5.74) is 3.55. The summed E-state index contributed by atoms with van der Waals surface area (Å²) < 4.78 is 7.55. The van der Waals surface area contributed by atoms with Crippen LogP contribution in [0.1, 0.15) is 22.1 Å². The Morgan fingerprint density at radius 2 is 1.83 bits per heavy atom. The first-order valence-corrected chi connectivity index (χ1v) is 12.5. The summed E-state index contributed by atoms with van der Waals surface area (Å²) in [6.07, 6.45) is 0. The van der Waals surface area contributed by atoms with E-state index in [1.165, 1.54) is 0 Å². The summed E-state index contributed by atoms with van der Waals surface area (Å²) in [7, 11) is 0. The average Bonchev–Trinajstić information content (AvgIpc) is 3.64. The fourth-order valence-corrected chi connectivity index (χ4v) is 5.19. The van der Waals surface area contributed by atoms with Crippen LogP contribution in [0.2, 0.25) is 0 Å².